The van der Waals surface area contributed by atoms with E-state index in [1.807, 2.05) is 12.1 Å². The van der Waals surface area contributed by atoms with Crippen LogP contribution in [0.1, 0.15) is 24.8 Å². The van der Waals surface area contributed by atoms with E-state index in [9.17, 15) is 4.79 Å². The summed E-state index contributed by atoms with van der Waals surface area (Å²) in [6.07, 6.45) is 3.24. The first kappa shape index (κ1) is 19.7. The number of amides is 1. The Morgan fingerprint density at radius 3 is 2.28 bits per heavy atom. The molecule has 3 rings (SSSR count). The van der Waals surface area contributed by atoms with E-state index in [2.05, 4.69) is 10.6 Å². The molecule has 1 aromatic carbocycles. The van der Waals surface area contributed by atoms with Gasteiger partial charge in [-0.25, -0.2) is 0 Å². The second-order valence-electron chi connectivity index (χ2n) is 6.62. The number of methoxy groups -OCH3 is 3. The van der Waals surface area contributed by atoms with Crippen LogP contribution in [0.25, 0.3) is 0 Å². The average molecular weight is 371 g/mol. The lowest BCUT2D eigenvalue weighted by molar-refractivity contribution is -0.123. The molecule has 1 unspecified atom stereocenters. The van der Waals surface area contributed by atoms with Crippen molar-refractivity contribution in [3.8, 4) is 17.2 Å². The molecule has 0 bridgehead atoms. The van der Waals surface area contributed by atoms with E-state index in [4.69, 9.17) is 14.2 Å². The van der Waals surface area contributed by atoms with Gasteiger partial charge in [-0.05, 0) is 55.5 Å². The third-order valence-electron chi connectivity index (χ3n) is 5.30. The van der Waals surface area contributed by atoms with E-state index < -0.39 is 0 Å². The third-order valence-corrected chi connectivity index (χ3v) is 5.30. The summed E-state index contributed by atoms with van der Waals surface area (Å²) in [6, 6.07) is 3.74. The van der Waals surface area contributed by atoms with Gasteiger partial charge in [-0.1, -0.05) is 0 Å². The van der Waals surface area contributed by atoms with E-state index in [1.54, 1.807) is 21.3 Å². The Kier molecular flexibility index (Phi) is 6.41. The maximum Gasteiger partial charge on any atom is 0.223 e. The van der Waals surface area contributed by atoms with Crippen molar-refractivity contribution in [1.29, 1.82) is 0 Å². The van der Waals surface area contributed by atoms with Gasteiger partial charge in [0, 0.05) is 12.5 Å². The minimum absolute atomic E-state index is 0. The summed E-state index contributed by atoms with van der Waals surface area (Å²) in [7, 11) is 4.75. The van der Waals surface area contributed by atoms with Gasteiger partial charge in [0.2, 0.25) is 11.7 Å². The molecule has 1 saturated carbocycles. The van der Waals surface area contributed by atoms with Gasteiger partial charge in [-0.2, -0.15) is 0 Å². The summed E-state index contributed by atoms with van der Waals surface area (Å²) in [5.41, 5.74) is 1.18. The molecule has 1 aromatic rings. The Balaban J connectivity index is 0.00000225. The first-order chi connectivity index (χ1) is 11.6. The second-order valence-corrected chi connectivity index (χ2v) is 6.62. The summed E-state index contributed by atoms with van der Waals surface area (Å²) in [6.45, 7) is 2.51. The summed E-state index contributed by atoms with van der Waals surface area (Å²) in [5, 5.41) is 6.42. The third kappa shape index (κ3) is 3.96. The molecule has 2 fully saturated rings. The van der Waals surface area contributed by atoms with E-state index in [0.29, 0.717) is 23.8 Å². The van der Waals surface area contributed by atoms with E-state index in [-0.39, 0.29) is 29.6 Å². The molecule has 1 aliphatic carbocycles. The zero-order chi connectivity index (χ0) is 17.2. The highest BCUT2D eigenvalue weighted by molar-refractivity contribution is 5.85. The monoisotopic (exact) mass is 370 g/mol. The first-order valence-corrected chi connectivity index (χ1v) is 8.41. The zero-order valence-electron chi connectivity index (χ0n) is 15.0. The predicted molar refractivity (Wildman–Crippen MR) is 97.8 cm³/mol. The van der Waals surface area contributed by atoms with Gasteiger partial charge in [-0.15, -0.1) is 12.4 Å². The van der Waals surface area contributed by atoms with Crippen LogP contribution in [0.4, 0.5) is 0 Å². The summed E-state index contributed by atoms with van der Waals surface area (Å²) in [4.78, 5) is 12.5. The Bertz CT molecular complexity index is 592. The van der Waals surface area contributed by atoms with Crippen LogP contribution in [-0.4, -0.2) is 40.3 Å². The summed E-state index contributed by atoms with van der Waals surface area (Å²) in [5.74, 6) is 2.09. The smallest absolute Gasteiger partial charge is 0.223 e. The number of rotatable bonds is 6. The van der Waals surface area contributed by atoms with Crippen LogP contribution in [0, 0.1) is 11.3 Å². The van der Waals surface area contributed by atoms with Crippen molar-refractivity contribution in [2.75, 3.05) is 34.4 Å². The largest absolute Gasteiger partial charge is 0.493 e. The fraction of sp³-hybridized carbons (Fsp3) is 0.611. The van der Waals surface area contributed by atoms with Crippen LogP contribution in [0.5, 0.6) is 17.2 Å². The van der Waals surface area contributed by atoms with Gasteiger partial charge in [0.25, 0.3) is 0 Å². The molecule has 1 amide bonds. The van der Waals surface area contributed by atoms with Crippen LogP contribution >= 0.6 is 12.4 Å². The number of piperidine rings is 1. The number of benzene rings is 1. The van der Waals surface area contributed by atoms with Crippen molar-refractivity contribution < 1.29 is 19.0 Å². The fourth-order valence-corrected chi connectivity index (χ4v) is 3.75. The topological polar surface area (TPSA) is 68.8 Å². The lowest BCUT2D eigenvalue weighted by Crippen LogP contribution is -2.33. The van der Waals surface area contributed by atoms with Gasteiger partial charge in [0.15, 0.2) is 11.5 Å². The van der Waals surface area contributed by atoms with Gasteiger partial charge in [0.05, 0.1) is 21.3 Å². The van der Waals surface area contributed by atoms with Crippen LogP contribution in [0.15, 0.2) is 12.1 Å². The van der Waals surface area contributed by atoms with Gasteiger partial charge >= 0.3 is 0 Å². The molecule has 140 valence electrons. The number of halogens is 1. The Morgan fingerprint density at radius 1 is 1.16 bits per heavy atom. The second kappa shape index (κ2) is 8.15. The van der Waals surface area contributed by atoms with Crippen molar-refractivity contribution in [3.63, 3.8) is 0 Å². The van der Waals surface area contributed by atoms with Crippen molar-refractivity contribution in [1.82, 2.24) is 10.6 Å². The minimum atomic E-state index is 0. The van der Waals surface area contributed by atoms with E-state index >= 15 is 0 Å². The molecular weight excluding hydrogens is 344 g/mol. The number of carbonyl (C=O) groups excluding carboxylic acids is 1. The summed E-state index contributed by atoms with van der Waals surface area (Å²) >= 11 is 0. The molecule has 1 atom stereocenters. The molecule has 0 radical (unpaired) electrons. The van der Waals surface area contributed by atoms with Crippen LogP contribution in [-0.2, 0) is 11.3 Å². The molecule has 1 saturated heterocycles. The van der Waals surface area contributed by atoms with E-state index in [0.717, 1.165) is 37.9 Å². The zero-order valence-corrected chi connectivity index (χ0v) is 15.8. The molecule has 0 aromatic heterocycles. The van der Waals surface area contributed by atoms with Crippen molar-refractivity contribution in [2.45, 2.75) is 25.8 Å². The molecule has 1 spiro atoms. The Hall–Kier alpha value is -1.66. The van der Waals surface area contributed by atoms with Crippen LogP contribution in [0.2, 0.25) is 0 Å². The Morgan fingerprint density at radius 2 is 1.76 bits per heavy atom. The maximum absolute atomic E-state index is 12.5. The van der Waals surface area contributed by atoms with Gasteiger partial charge in [-0.3, -0.25) is 4.79 Å². The number of ether oxygens (including phenoxy) is 3. The van der Waals surface area contributed by atoms with Crippen LogP contribution < -0.4 is 24.8 Å². The molecule has 2 aliphatic rings. The van der Waals surface area contributed by atoms with Crippen molar-refractivity contribution >= 4 is 18.3 Å². The van der Waals surface area contributed by atoms with Crippen LogP contribution in [0.3, 0.4) is 0 Å². The quantitative estimate of drug-likeness (QED) is 0.803. The Labute approximate surface area is 155 Å². The first-order valence-electron chi connectivity index (χ1n) is 8.41. The predicted octanol–water partition coefficient (Wildman–Crippen LogP) is 2.14. The standard InChI is InChI=1S/C18H26N2O4.ClH/c1-22-14-8-12(9-15(23-2)16(14)24-3)11-20-17(21)13-10-18(13)4-6-19-7-5-18;/h8-9,13,19H,4-7,10-11H2,1-3H3,(H,20,21);1H. The number of carbonyl (C=O) groups is 1. The minimum Gasteiger partial charge on any atom is -0.493 e. The fourth-order valence-electron chi connectivity index (χ4n) is 3.75. The lowest BCUT2D eigenvalue weighted by atomic mass is 9.92. The highest BCUT2D eigenvalue weighted by Crippen LogP contribution is 2.58. The molecule has 1 heterocycles. The molecular formula is C18H27ClN2O4. The molecule has 25 heavy (non-hydrogen) atoms. The van der Waals surface area contributed by atoms with Crippen molar-refractivity contribution in [2.24, 2.45) is 11.3 Å². The molecule has 1 aliphatic heterocycles. The SMILES string of the molecule is COc1cc(CNC(=O)C2CC23CCNCC3)cc(OC)c1OC.Cl. The molecule has 2 N–H and O–H groups in total. The van der Waals surface area contributed by atoms with E-state index in [1.165, 1.54) is 0 Å². The molecule has 7 heteroatoms. The normalized spacial score (nSPS) is 20.4. The molecule has 6 nitrogen and oxygen atoms in total. The van der Waals surface area contributed by atoms with Crippen molar-refractivity contribution in [3.05, 3.63) is 17.7 Å². The average Bonchev–Trinajstić information content (AvgIpc) is 3.32. The highest BCUT2D eigenvalue weighted by Gasteiger charge is 2.57. The number of hydrogen-bond donors (Lipinski definition) is 2. The number of hydrogen-bond acceptors (Lipinski definition) is 5. The number of nitrogens with one attached hydrogen (secondary N) is 2. The maximum atomic E-state index is 12.5. The van der Waals surface area contributed by atoms with Gasteiger partial charge in [0.1, 0.15) is 0 Å². The summed E-state index contributed by atoms with van der Waals surface area (Å²) < 4.78 is 16.0. The highest BCUT2D eigenvalue weighted by atomic mass is 35.5. The van der Waals surface area contributed by atoms with Gasteiger partial charge < -0.3 is 24.8 Å². The lowest BCUT2D eigenvalue weighted by Gasteiger charge is -2.23.